The van der Waals surface area contributed by atoms with Crippen molar-refractivity contribution < 1.29 is 13.2 Å². The lowest BCUT2D eigenvalue weighted by Crippen LogP contribution is -2.28. The van der Waals surface area contributed by atoms with Gasteiger partial charge in [0, 0.05) is 22.7 Å². The number of carbonyl (C=O) groups is 1. The zero-order chi connectivity index (χ0) is 17.9. The first-order chi connectivity index (χ1) is 12.5. The summed E-state index contributed by atoms with van der Waals surface area (Å²) in [6, 6.07) is 16.7. The van der Waals surface area contributed by atoms with Crippen LogP contribution >= 0.6 is 11.3 Å². The first kappa shape index (κ1) is 15.8. The van der Waals surface area contributed by atoms with Gasteiger partial charge in [0.25, 0.3) is 5.91 Å². The largest absolute Gasteiger partial charge is 0.307 e. The quantitative estimate of drug-likeness (QED) is 0.642. The van der Waals surface area contributed by atoms with Gasteiger partial charge in [0.15, 0.2) is 9.84 Å². The molecule has 0 bridgehead atoms. The van der Waals surface area contributed by atoms with Crippen LogP contribution in [0.25, 0.3) is 10.4 Å². The molecular formula is C20H15NO3S2. The van der Waals surface area contributed by atoms with Gasteiger partial charge >= 0.3 is 0 Å². The Kier molecular flexibility index (Phi) is 3.36. The zero-order valence-corrected chi connectivity index (χ0v) is 15.4. The fraction of sp³-hybridized carbons (Fsp3) is 0.150. The molecule has 2 aromatic carbocycles. The summed E-state index contributed by atoms with van der Waals surface area (Å²) in [5, 5.41) is 0. The van der Waals surface area contributed by atoms with Crippen molar-refractivity contribution in [2.45, 2.75) is 17.1 Å². The monoisotopic (exact) mass is 381 g/mol. The smallest absolute Gasteiger partial charge is 0.268 e. The van der Waals surface area contributed by atoms with Gasteiger partial charge in [-0.1, -0.05) is 36.4 Å². The predicted octanol–water partition coefficient (Wildman–Crippen LogP) is 3.91. The first-order valence-corrected chi connectivity index (χ1v) is 10.9. The Hall–Kier alpha value is -2.44. The van der Waals surface area contributed by atoms with Gasteiger partial charge < -0.3 is 4.90 Å². The molecule has 0 aliphatic carbocycles. The van der Waals surface area contributed by atoms with Crippen molar-refractivity contribution in [2.75, 3.05) is 11.4 Å². The van der Waals surface area contributed by atoms with E-state index in [9.17, 15) is 13.2 Å². The van der Waals surface area contributed by atoms with Crippen molar-refractivity contribution in [1.29, 1.82) is 0 Å². The minimum absolute atomic E-state index is 0.0420. The highest BCUT2D eigenvalue weighted by molar-refractivity contribution is 7.91. The summed E-state index contributed by atoms with van der Waals surface area (Å²) in [6.45, 7) is 0.662. The van der Waals surface area contributed by atoms with Gasteiger partial charge in [0.2, 0.25) is 0 Å². The van der Waals surface area contributed by atoms with E-state index in [1.165, 1.54) is 16.9 Å². The average molecular weight is 381 g/mol. The summed E-state index contributed by atoms with van der Waals surface area (Å²) in [6.07, 6.45) is 0.851. The third kappa shape index (κ3) is 2.26. The van der Waals surface area contributed by atoms with Crippen molar-refractivity contribution in [2.24, 2.45) is 0 Å². The number of nitrogens with zero attached hydrogens (tertiary/aromatic N) is 1. The molecule has 0 atom stereocenters. The van der Waals surface area contributed by atoms with Crippen molar-refractivity contribution in [3.63, 3.8) is 0 Å². The van der Waals surface area contributed by atoms with E-state index < -0.39 is 9.84 Å². The topological polar surface area (TPSA) is 54.5 Å². The molecule has 0 fully saturated rings. The third-order valence-electron chi connectivity index (χ3n) is 4.96. The number of hydrogen-bond donors (Lipinski definition) is 0. The molecule has 0 spiro atoms. The molecule has 0 saturated carbocycles. The van der Waals surface area contributed by atoms with Gasteiger partial charge in [-0.2, -0.15) is 0 Å². The molecule has 0 saturated heterocycles. The Morgan fingerprint density at radius 2 is 1.77 bits per heavy atom. The molecule has 26 heavy (non-hydrogen) atoms. The van der Waals surface area contributed by atoms with Crippen molar-refractivity contribution in [1.82, 2.24) is 0 Å². The Morgan fingerprint density at radius 3 is 2.65 bits per heavy atom. The van der Waals surface area contributed by atoms with Crippen LogP contribution in [-0.4, -0.2) is 20.9 Å². The number of carbonyl (C=O) groups excluding carboxylic acids is 1. The molecule has 3 heterocycles. The molecular weight excluding hydrogens is 366 g/mol. The van der Waals surface area contributed by atoms with Gasteiger partial charge in [0.1, 0.15) is 0 Å². The maximum Gasteiger partial charge on any atom is 0.268 e. The lowest BCUT2D eigenvalue weighted by atomic mass is 10.1. The average Bonchev–Trinajstić information content (AvgIpc) is 3.25. The van der Waals surface area contributed by atoms with Gasteiger partial charge in [-0.3, -0.25) is 4.79 Å². The van der Waals surface area contributed by atoms with Crippen LogP contribution in [0.4, 0.5) is 5.69 Å². The minimum Gasteiger partial charge on any atom is -0.307 e. The Balaban J connectivity index is 1.59. The van der Waals surface area contributed by atoms with Crippen molar-refractivity contribution >= 4 is 32.8 Å². The highest BCUT2D eigenvalue weighted by Crippen LogP contribution is 2.43. The first-order valence-electron chi connectivity index (χ1n) is 8.39. The van der Waals surface area contributed by atoms with E-state index in [4.69, 9.17) is 0 Å². The zero-order valence-electron chi connectivity index (χ0n) is 13.8. The molecule has 6 heteroatoms. The van der Waals surface area contributed by atoms with Crippen LogP contribution in [-0.2, 0) is 22.0 Å². The van der Waals surface area contributed by atoms with Gasteiger partial charge in [-0.25, -0.2) is 8.42 Å². The lowest BCUT2D eigenvalue weighted by molar-refractivity contribution is 0.0993. The summed E-state index contributed by atoms with van der Waals surface area (Å²) in [5.41, 5.74) is 3.57. The summed E-state index contributed by atoms with van der Waals surface area (Å²) >= 11 is 1.39. The molecule has 3 aromatic rings. The van der Waals surface area contributed by atoms with Gasteiger partial charge in [-0.05, 0) is 35.7 Å². The summed E-state index contributed by atoms with van der Waals surface area (Å²) in [7, 11) is -3.35. The van der Waals surface area contributed by atoms with Crippen LogP contribution in [0.3, 0.4) is 0 Å². The molecule has 130 valence electrons. The Labute approximate surface area is 155 Å². The van der Waals surface area contributed by atoms with E-state index in [0.717, 1.165) is 22.5 Å². The Bertz CT molecular complexity index is 1160. The van der Waals surface area contributed by atoms with Gasteiger partial charge in [0.05, 0.1) is 15.5 Å². The highest BCUT2D eigenvalue weighted by Gasteiger charge is 2.32. The molecule has 1 amide bonds. The van der Waals surface area contributed by atoms with Crippen LogP contribution in [0.15, 0.2) is 59.5 Å². The van der Waals surface area contributed by atoms with Crippen LogP contribution in [0.1, 0.15) is 20.8 Å². The summed E-state index contributed by atoms with van der Waals surface area (Å²) in [4.78, 5) is 16.7. The van der Waals surface area contributed by atoms with E-state index in [1.54, 1.807) is 23.1 Å². The van der Waals surface area contributed by atoms with Crippen LogP contribution in [0, 0.1) is 0 Å². The number of hydrogen-bond acceptors (Lipinski definition) is 4. The van der Waals surface area contributed by atoms with Crippen LogP contribution in [0.2, 0.25) is 0 Å². The number of amides is 1. The third-order valence-corrected chi connectivity index (χ3v) is 7.88. The number of thiophene rings is 1. The maximum absolute atomic E-state index is 13.1. The summed E-state index contributed by atoms with van der Waals surface area (Å²) < 4.78 is 25.1. The second kappa shape index (κ2) is 5.53. The van der Waals surface area contributed by atoms with Crippen LogP contribution < -0.4 is 4.90 Å². The second-order valence-corrected chi connectivity index (χ2v) is 9.57. The number of sulfone groups is 1. The maximum atomic E-state index is 13.1. The fourth-order valence-corrected chi connectivity index (χ4v) is 6.67. The van der Waals surface area contributed by atoms with E-state index in [2.05, 4.69) is 0 Å². The molecule has 0 N–H and O–H groups in total. The molecule has 2 aliphatic rings. The summed E-state index contributed by atoms with van der Waals surface area (Å²) in [5.74, 6) is -0.0936. The second-order valence-electron chi connectivity index (χ2n) is 6.56. The Morgan fingerprint density at radius 1 is 1.00 bits per heavy atom. The van der Waals surface area contributed by atoms with Gasteiger partial charge in [-0.15, -0.1) is 11.3 Å². The van der Waals surface area contributed by atoms with E-state index in [0.29, 0.717) is 21.9 Å². The molecule has 1 aromatic heterocycles. The van der Waals surface area contributed by atoms with Crippen molar-refractivity contribution in [3.8, 4) is 10.4 Å². The molecule has 4 nitrogen and oxygen atoms in total. The minimum atomic E-state index is -3.35. The highest BCUT2D eigenvalue weighted by atomic mass is 32.2. The SMILES string of the molecule is O=C(c1cc2c(s1)-c1ccccc1S(=O)(=O)C2)N1CCc2ccccc21. The molecule has 0 unspecified atom stereocenters. The van der Waals surface area contributed by atoms with E-state index >= 15 is 0 Å². The number of rotatable bonds is 1. The predicted molar refractivity (Wildman–Crippen MR) is 102 cm³/mol. The van der Waals surface area contributed by atoms with Crippen molar-refractivity contribution in [3.05, 3.63) is 70.6 Å². The molecule has 0 radical (unpaired) electrons. The van der Waals surface area contributed by atoms with E-state index in [1.807, 2.05) is 36.4 Å². The lowest BCUT2D eigenvalue weighted by Gasteiger charge is -2.16. The number of benzene rings is 2. The normalized spacial score (nSPS) is 16.7. The number of para-hydroxylation sites is 1. The number of anilines is 1. The fourth-order valence-electron chi connectivity index (χ4n) is 3.76. The number of fused-ring (bicyclic) bond motifs is 4. The molecule has 5 rings (SSSR count). The van der Waals surface area contributed by atoms with E-state index in [-0.39, 0.29) is 11.7 Å². The molecule has 2 aliphatic heterocycles. The standard InChI is InChI=1S/C20H15NO3S2/c22-20(21-10-9-13-5-1-3-7-16(13)21)17-11-14-12-26(23,24)18-8-4-2-6-15(18)19(14)25-17/h1-8,11H,9-10,12H2. The van der Waals surface area contributed by atoms with Crippen LogP contribution in [0.5, 0.6) is 0 Å².